The van der Waals surface area contributed by atoms with E-state index in [0.717, 1.165) is 0 Å². The van der Waals surface area contributed by atoms with Crippen LogP contribution >= 0.6 is 0 Å². The van der Waals surface area contributed by atoms with Gasteiger partial charge in [0.25, 0.3) is 0 Å². The standard InChI is InChI=1S/C17H25N3O8.C8H15NO4/c1-9(2)16(25)27-7-11(18)14(22)19-6-5-13(21)20-12(15(23)24)8-28-17(26)10(3)4;1-8(2,3)13-7(12)9-5-4-6(10)11/h11-12H,1,3,5-8,18H2,2,4H3,(H,19,22)(H,20,21)(H,23,24);4-5H2,1-3H3,(H,9,12)(H,10,11)/p-1/t11-,12-;/m0./s1. The molecule has 0 aliphatic rings. The fourth-order valence-electron chi connectivity index (χ4n) is 2.10. The van der Waals surface area contributed by atoms with Crippen LogP contribution in [0.3, 0.4) is 0 Å². The first-order chi connectivity index (χ1) is 18.8. The number of carbonyl (C=O) groups is 7. The Morgan fingerprint density at radius 3 is 1.80 bits per heavy atom. The average Bonchev–Trinajstić information content (AvgIpc) is 2.83. The van der Waals surface area contributed by atoms with Gasteiger partial charge in [0.2, 0.25) is 11.8 Å². The van der Waals surface area contributed by atoms with Crippen molar-refractivity contribution in [3.63, 3.8) is 0 Å². The molecule has 0 rings (SSSR count). The summed E-state index contributed by atoms with van der Waals surface area (Å²) in [7, 11) is 0. The first-order valence-corrected chi connectivity index (χ1v) is 12.1. The van der Waals surface area contributed by atoms with Crippen LogP contribution in [0.2, 0.25) is 0 Å². The highest BCUT2D eigenvalue weighted by Crippen LogP contribution is 2.06. The SMILES string of the molecule is C=C(C)C(=O)OC[C@H](NC(=O)CCNC(=O)[C@@H](N)COC(=O)C(=C)C)C(=O)[O-].CC(C)(C)OC(=O)NCCC(=O)O. The summed E-state index contributed by atoms with van der Waals surface area (Å²) in [6.07, 6.45) is -0.963. The highest BCUT2D eigenvalue weighted by Gasteiger charge is 2.19. The van der Waals surface area contributed by atoms with Gasteiger partial charge in [0.1, 0.15) is 30.9 Å². The second kappa shape index (κ2) is 19.6. The maximum atomic E-state index is 11.8. The summed E-state index contributed by atoms with van der Waals surface area (Å²) in [5, 5.41) is 26.0. The van der Waals surface area contributed by atoms with E-state index < -0.39 is 66.1 Å². The molecule has 232 valence electrons. The molecule has 0 radical (unpaired) electrons. The Kier molecular flexibility index (Phi) is 18.5. The third-order valence-corrected chi connectivity index (χ3v) is 4.09. The third kappa shape index (κ3) is 22.1. The fourth-order valence-corrected chi connectivity index (χ4v) is 2.10. The second-order valence-electron chi connectivity index (χ2n) is 9.42. The van der Waals surface area contributed by atoms with Crippen LogP contribution in [0.15, 0.2) is 24.3 Å². The van der Waals surface area contributed by atoms with Crippen LogP contribution in [-0.4, -0.2) is 90.9 Å². The average molecular weight is 588 g/mol. The van der Waals surface area contributed by atoms with Crippen molar-refractivity contribution >= 4 is 41.8 Å². The van der Waals surface area contributed by atoms with Crippen molar-refractivity contribution < 1.29 is 58.0 Å². The zero-order chi connectivity index (χ0) is 32.3. The zero-order valence-electron chi connectivity index (χ0n) is 23.8. The predicted octanol–water partition coefficient (Wildman–Crippen LogP) is -1.72. The van der Waals surface area contributed by atoms with Crippen molar-refractivity contribution in [3.8, 4) is 0 Å². The van der Waals surface area contributed by atoms with E-state index in [2.05, 4.69) is 33.8 Å². The molecule has 0 saturated carbocycles. The maximum Gasteiger partial charge on any atom is 0.407 e. The first kappa shape index (κ1) is 38.7. The maximum absolute atomic E-state index is 11.8. The summed E-state index contributed by atoms with van der Waals surface area (Å²) in [4.78, 5) is 77.9. The number of amides is 3. The Morgan fingerprint density at radius 1 is 0.878 bits per heavy atom. The molecule has 3 amide bonds. The summed E-state index contributed by atoms with van der Waals surface area (Å²) in [6.45, 7) is 13.7. The van der Waals surface area contributed by atoms with Gasteiger partial charge in [-0.25, -0.2) is 14.4 Å². The molecule has 2 atom stereocenters. The van der Waals surface area contributed by atoms with Crippen molar-refractivity contribution in [3.05, 3.63) is 24.3 Å². The van der Waals surface area contributed by atoms with Crippen LogP contribution in [0.5, 0.6) is 0 Å². The number of hydrogen-bond donors (Lipinski definition) is 5. The second-order valence-corrected chi connectivity index (χ2v) is 9.42. The number of carboxylic acids is 2. The van der Waals surface area contributed by atoms with E-state index in [-0.39, 0.29) is 43.7 Å². The molecule has 0 aromatic carbocycles. The van der Waals surface area contributed by atoms with Gasteiger partial charge in [-0.3, -0.25) is 14.4 Å². The van der Waals surface area contributed by atoms with Crippen molar-refractivity contribution in [2.75, 3.05) is 26.3 Å². The van der Waals surface area contributed by atoms with Crippen LogP contribution in [0.4, 0.5) is 4.79 Å². The number of rotatable bonds is 15. The van der Waals surface area contributed by atoms with Crippen LogP contribution in [0.1, 0.15) is 47.5 Å². The molecule has 0 aromatic heterocycles. The fraction of sp³-hybridized carbons (Fsp3) is 0.560. The van der Waals surface area contributed by atoms with Gasteiger partial charge in [0.15, 0.2) is 0 Å². The van der Waals surface area contributed by atoms with Gasteiger partial charge in [-0.1, -0.05) is 13.2 Å². The molecule has 6 N–H and O–H groups in total. The van der Waals surface area contributed by atoms with Crippen molar-refractivity contribution in [2.24, 2.45) is 5.73 Å². The lowest BCUT2D eigenvalue weighted by molar-refractivity contribution is -0.309. The topological polar surface area (TPSA) is 253 Å². The highest BCUT2D eigenvalue weighted by molar-refractivity contribution is 5.88. The molecule has 0 fully saturated rings. The van der Waals surface area contributed by atoms with E-state index in [0.29, 0.717) is 0 Å². The predicted molar refractivity (Wildman–Crippen MR) is 141 cm³/mol. The molecular weight excluding hydrogens is 548 g/mol. The van der Waals surface area contributed by atoms with Crippen LogP contribution in [0.25, 0.3) is 0 Å². The Morgan fingerprint density at radius 2 is 1.37 bits per heavy atom. The number of ether oxygens (including phenoxy) is 3. The van der Waals surface area contributed by atoms with Gasteiger partial charge in [-0.15, -0.1) is 0 Å². The molecule has 16 nitrogen and oxygen atoms in total. The lowest BCUT2D eigenvalue weighted by Gasteiger charge is -2.19. The van der Waals surface area contributed by atoms with Gasteiger partial charge >= 0.3 is 24.0 Å². The van der Waals surface area contributed by atoms with Gasteiger partial charge in [0.05, 0.1) is 12.4 Å². The smallest absolute Gasteiger partial charge is 0.407 e. The lowest BCUT2D eigenvalue weighted by Crippen LogP contribution is -2.51. The van der Waals surface area contributed by atoms with Crippen molar-refractivity contribution in [1.29, 1.82) is 0 Å². The Hall–Kier alpha value is -4.47. The third-order valence-electron chi connectivity index (χ3n) is 4.09. The minimum atomic E-state index is -1.65. The molecule has 0 aromatic rings. The van der Waals surface area contributed by atoms with Gasteiger partial charge in [-0.2, -0.15) is 0 Å². The summed E-state index contributed by atoms with van der Waals surface area (Å²) >= 11 is 0. The van der Waals surface area contributed by atoms with Crippen molar-refractivity contribution in [2.45, 2.75) is 65.1 Å². The van der Waals surface area contributed by atoms with Crippen LogP contribution in [-0.2, 0) is 43.0 Å². The van der Waals surface area contributed by atoms with Crippen molar-refractivity contribution in [1.82, 2.24) is 16.0 Å². The number of nitrogens with two attached hydrogens (primary N) is 1. The first-order valence-electron chi connectivity index (χ1n) is 12.1. The minimum Gasteiger partial charge on any atom is -0.548 e. The zero-order valence-corrected chi connectivity index (χ0v) is 23.8. The molecule has 0 aliphatic heterocycles. The van der Waals surface area contributed by atoms with Gasteiger partial charge in [-0.05, 0) is 34.6 Å². The molecule has 0 spiro atoms. The molecule has 0 unspecified atom stereocenters. The number of alkyl carbamates (subject to hydrolysis) is 1. The number of carbonyl (C=O) groups excluding carboxylic acids is 6. The van der Waals surface area contributed by atoms with Gasteiger partial charge < -0.3 is 50.9 Å². The number of hydrogen-bond acceptors (Lipinski definition) is 12. The Balaban J connectivity index is 0. The Labute approximate surface area is 237 Å². The van der Waals surface area contributed by atoms with E-state index in [1.807, 2.05) is 0 Å². The number of nitrogens with one attached hydrogen (secondary N) is 3. The highest BCUT2D eigenvalue weighted by atomic mass is 16.6. The molecule has 0 bridgehead atoms. The number of carboxylic acid groups (broad SMARTS) is 2. The minimum absolute atomic E-state index is 0.0661. The van der Waals surface area contributed by atoms with Gasteiger partial charge in [0, 0.05) is 30.7 Å². The molecular formula is C25H39N4O12-. The number of esters is 2. The summed E-state index contributed by atoms with van der Waals surface area (Å²) < 4.78 is 14.3. The quantitative estimate of drug-likeness (QED) is 0.0813. The summed E-state index contributed by atoms with van der Waals surface area (Å²) in [5.41, 5.74) is 5.21. The molecule has 0 saturated heterocycles. The molecule has 0 heterocycles. The van der Waals surface area contributed by atoms with Crippen LogP contribution in [0, 0.1) is 0 Å². The normalized spacial score (nSPS) is 11.7. The van der Waals surface area contributed by atoms with E-state index in [1.54, 1.807) is 20.8 Å². The van der Waals surface area contributed by atoms with E-state index in [4.69, 9.17) is 20.3 Å². The monoisotopic (exact) mass is 587 g/mol. The largest absolute Gasteiger partial charge is 0.548 e. The van der Waals surface area contributed by atoms with E-state index >= 15 is 0 Å². The van der Waals surface area contributed by atoms with E-state index in [1.165, 1.54) is 13.8 Å². The van der Waals surface area contributed by atoms with Crippen LogP contribution < -0.4 is 26.8 Å². The molecule has 41 heavy (non-hydrogen) atoms. The summed E-state index contributed by atoms with van der Waals surface area (Å²) in [6, 6.07) is -2.71. The summed E-state index contributed by atoms with van der Waals surface area (Å²) in [5.74, 6) is -5.50. The van der Waals surface area contributed by atoms with E-state index in [9.17, 15) is 38.7 Å². The molecule has 16 heteroatoms. The number of aliphatic carboxylic acids is 2. The Bertz CT molecular complexity index is 988. The molecule has 0 aliphatic carbocycles. The lowest BCUT2D eigenvalue weighted by atomic mass is 10.2.